The number of nitrogens with zero attached hydrogens (tertiary/aromatic N) is 1. The molecule has 0 saturated heterocycles. The van der Waals surface area contributed by atoms with Gasteiger partial charge in [-0.15, -0.1) is 11.8 Å². The summed E-state index contributed by atoms with van der Waals surface area (Å²) in [4.78, 5) is 26.0. The second-order valence-electron chi connectivity index (χ2n) is 4.31. The maximum absolute atomic E-state index is 13.5. The molecule has 0 bridgehead atoms. The summed E-state index contributed by atoms with van der Waals surface area (Å²) < 4.78 is 27.7. The molecule has 3 rings (SSSR count). The van der Waals surface area contributed by atoms with E-state index >= 15 is 0 Å². The van der Waals surface area contributed by atoms with Crippen molar-refractivity contribution < 1.29 is 8.78 Å². The Bertz CT molecular complexity index is 929. The van der Waals surface area contributed by atoms with Crippen molar-refractivity contribution in [2.24, 2.45) is 0 Å². The van der Waals surface area contributed by atoms with Gasteiger partial charge in [0.15, 0.2) is 11.6 Å². The number of hydrogen-bond acceptors (Lipinski definition) is 3. The fourth-order valence-corrected chi connectivity index (χ4v) is 2.77. The van der Waals surface area contributed by atoms with E-state index in [2.05, 4.69) is 10.1 Å². The summed E-state index contributed by atoms with van der Waals surface area (Å²) in [5.74, 6) is -1.59. The number of benzene rings is 1. The summed E-state index contributed by atoms with van der Waals surface area (Å²) in [6.07, 6.45) is 0. The fraction of sp³-hybridized carbons (Fsp3) is 0.0769. The third-order valence-corrected chi connectivity index (χ3v) is 3.92. The van der Waals surface area contributed by atoms with Crippen molar-refractivity contribution in [3.63, 3.8) is 0 Å². The number of aromatic nitrogens is 3. The van der Waals surface area contributed by atoms with Gasteiger partial charge >= 0.3 is 0 Å². The van der Waals surface area contributed by atoms with Gasteiger partial charge in [-0.1, -0.05) is 6.07 Å². The Balaban J connectivity index is 1.90. The standard InChI is InChI=1S/C13H9F2N3O2S/c14-8-2-1-3-9(13(8)15)21-6-7-4-12(20)18-10(16-7)5-11(19)17-18/h1-5,16H,6H2,(H,17,19). The summed E-state index contributed by atoms with van der Waals surface area (Å²) in [5.41, 5.74) is 0.0287. The monoisotopic (exact) mass is 309 g/mol. The van der Waals surface area contributed by atoms with E-state index in [9.17, 15) is 18.4 Å². The summed E-state index contributed by atoms with van der Waals surface area (Å²) in [6.45, 7) is 0. The van der Waals surface area contributed by atoms with Gasteiger partial charge in [-0.3, -0.25) is 14.7 Å². The zero-order valence-electron chi connectivity index (χ0n) is 10.5. The Labute approximate surface area is 120 Å². The Morgan fingerprint density at radius 2 is 2.00 bits per heavy atom. The van der Waals surface area contributed by atoms with Crippen LogP contribution >= 0.6 is 11.8 Å². The van der Waals surface area contributed by atoms with Crippen LogP contribution in [0, 0.1) is 11.6 Å². The van der Waals surface area contributed by atoms with E-state index in [1.807, 2.05) is 0 Å². The molecule has 0 aliphatic heterocycles. The van der Waals surface area contributed by atoms with Gasteiger partial charge in [-0.25, -0.2) is 13.3 Å². The molecular weight excluding hydrogens is 300 g/mol. The second kappa shape index (κ2) is 5.21. The van der Waals surface area contributed by atoms with Crippen molar-refractivity contribution in [3.05, 3.63) is 68.4 Å². The van der Waals surface area contributed by atoms with Crippen LogP contribution in [-0.2, 0) is 5.75 Å². The maximum Gasteiger partial charge on any atom is 0.272 e. The third-order valence-electron chi connectivity index (χ3n) is 2.84. The number of nitrogens with one attached hydrogen (secondary N) is 2. The maximum atomic E-state index is 13.5. The molecule has 3 aromatic rings. The van der Waals surface area contributed by atoms with Crippen LogP contribution in [0.15, 0.2) is 44.8 Å². The van der Waals surface area contributed by atoms with Gasteiger partial charge in [0.2, 0.25) is 0 Å². The zero-order chi connectivity index (χ0) is 15.0. The van der Waals surface area contributed by atoms with Gasteiger partial charge < -0.3 is 4.98 Å². The average molecular weight is 309 g/mol. The zero-order valence-corrected chi connectivity index (χ0v) is 11.3. The van der Waals surface area contributed by atoms with E-state index in [0.29, 0.717) is 11.3 Å². The first-order chi connectivity index (χ1) is 10.0. The molecule has 8 heteroatoms. The van der Waals surface area contributed by atoms with Crippen molar-refractivity contribution in [3.8, 4) is 0 Å². The van der Waals surface area contributed by atoms with Crippen LogP contribution in [0.4, 0.5) is 8.78 Å². The molecule has 1 aromatic carbocycles. The SMILES string of the molecule is O=c1cc2[nH]c(CSc3cccc(F)c3F)cc(=O)n2[nH]1. The molecule has 21 heavy (non-hydrogen) atoms. The number of aromatic amines is 2. The first-order valence-electron chi connectivity index (χ1n) is 5.95. The second-order valence-corrected chi connectivity index (χ2v) is 5.33. The summed E-state index contributed by atoms with van der Waals surface area (Å²) >= 11 is 1.06. The summed E-state index contributed by atoms with van der Waals surface area (Å²) in [6, 6.07) is 6.46. The molecular formula is C13H9F2N3O2S. The molecule has 0 spiro atoms. The molecule has 0 saturated carbocycles. The Kier molecular flexibility index (Phi) is 3.38. The topological polar surface area (TPSA) is 70.1 Å². The fourth-order valence-electron chi connectivity index (χ4n) is 1.90. The largest absolute Gasteiger partial charge is 0.343 e. The van der Waals surface area contributed by atoms with Crippen LogP contribution in [0.1, 0.15) is 5.69 Å². The molecule has 0 unspecified atom stereocenters. The molecule has 2 N–H and O–H groups in total. The molecule has 0 amide bonds. The first kappa shape index (κ1) is 13.6. The lowest BCUT2D eigenvalue weighted by Gasteiger charge is -2.04. The Morgan fingerprint density at radius 3 is 2.81 bits per heavy atom. The van der Waals surface area contributed by atoms with E-state index < -0.39 is 22.8 Å². The lowest BCUT2D eigenvalue weighted by molar-refractivity contribution is 0.491. The minimum atomic E-state index is -0.916. The van der Waals surface area contributed by atoms with Crippen molar-refractivity contribution >= 4 is 17.4 Å². The van der Waals surface area contributed by atoms with E-state index in [0.717, 1.165) is 22.3 Å². The van der Waals surface area contributed by atoms with Crippen LogP contribution in [0.25, 0.3) is 5.65 Å². The van der Waals surface area contributed by atoms with Gasteiger partial charge in [0, 0.05) is 28.5 Å². The predicted molar refractivity (Wildman–Crippen MR) is 74.6 cm³/mol. The van der Waals surface area contributed by atoms with E-state index in [1.165, 1.54) is 24.3 Å². The van der Waals surface area contributed by atoms with Crippen LogP contribution < -0.4 is 11.1 Å². The number of rotatable bonds is 3. The van der Waals surface area contributed by atoms with Gasteiger partial charge in [-0.2, -0.15) is 0 Å². The van der Waals surface area contributed by atoms with Crippen LogP contribution in [0.5, 0.6) is 0 Å². The average Bonchev–Trinajstić information content (AvgIpc) is 2.81. The van der Waals surface area contributed by atoms with Crippen molar-refractivity contribution in [1.82, 2.24) is 14.6 Å². The molecule has 0 aliphatic rings. The third kappa shape index (κ3) is 2.62. The molecule has 0 radical (unpaired) electrons. The van der Waals surface area contributed by atoms with Crippen LogP contribution in [0.2, 0.25) is 0 Å². The lowest BCUT2D eigenvalue weighted by atomic mass is 10.3. The van der Waals surface area contributed by atoms with Crippen LogP contribution in [0.3, 0.4) is 0 Å². The summed E-state index contributed by atoms with van der Waals surface area (Å²) in [7, 11) is 0. The number of fused-ring (bicyclic) bond motifs is 1. The molecule has 0 atom stereocenters. The van der Waals surface area contributed by atoms with Gasteiger partial charge in [0.25, 0.3) is 11.1 Å². The molecule has 2 heterocycles. The van der Waals surface area contributed by atoms with E-state index in [4.69, 9.17) is 0 Å². The number of H-pyrrole nitrogens is 2. The Hall–Kier alpha value is -2.35. The van der Waals surface area contributed by atoms with Crippen molar-refractivity contribution in [1.29, 1.82) is 0 Å². The molecule has 0 aliphatic carbocycles. The molecule has 108 valence electrons. The number of hydrogen-bond donors (Lipinski definition) is 2. The smallest absolute Gasteiger partial charge is 0.272 e. The minimum absolute atomic E-state index is 0.155. The number of halogens is 2. The van der Waals surface area contributed by atoms with Crippen LogP contribution in [-0.4, -0.2) is 14.6 Å². The highest BCUT2D eigenvalue weighted by molar-refractivity contribution is 7.98. The van der Waals surface area contributed by atoms with Gasteiger partial charge in [0.1, 0.15) is 5.65 Å². The van der Waals surface area contributed by atoms with Gasteiger partial charge in [-0.05, 0) is 12.1 Å². The van der Waals surface area contributed by atoms with E-state index in [-0.39, 0.29) is 10.6 Å². The number of thioether (sulfide) groups is 1. The minimum Gasteiger partial charge on any atom is -0.343 e. The highest BCUT2D eigenvalue weighted by Gasteiger charge is 2.09. The highest BCUT2D eigenvalue weighted by atomic mass is 32.2. The molecule has 2 aromatic heterocycles. The predicted octanol–water partition coefficient (Wildman–Crippen LogP) is 1.89. The molecule has 5 nitrogen and oxygen atoms in total. The highest BCUT2D eigenvalue weighted by Crippen LogP contribution is 2.25. The Morgan fingerprint density at radius 1 is 1.19 bits per heavy atom. The van der Waals surface area contributed by atoms with Crippen molar-refractivity contribution in [2.75, 3.05) is 0 Å². The van der Waals surface area contributed by atoms with Crippen molar-refractivity contribution in [2.45, 2.75) is 10.6 Å². The lowest BCUT2D eigenvalue weighted by Crippen LogP contribution is -2.16. The first-order valence-corrected chi connectivity index (χ1v) is 6.94. The summed E-state index contributed by atoms with van der Waals surface area (Å²) in [5, 5.41) is 2.35. The molecule has 0 fully saturated rings. The quantitative estimate of drug-likeness (QED) is 0.726. The normalized spacial score (nSPS) is 11.1. The van der Waals surface area contributed by atoms with Gasteiger partial charge in [0.05, 0.1) is 0 Å². The van der Waals surface area contributed by atoms with E-state index in [1.54, 1.807) is 0 Å².